The van der Waals surface area contributed by atoms with E-state index in [0.717, 1.165) is 30.6 Å². The van der Waals surface area contributed by atoms with E-state index in [2.05, 4.69) is 15.3 Å². The third-order valence-electron chi connectivity index (χ3n) is 5.35. The highest BCUT2D eigenvalue weighted by Gasteiger charge is 2.36. The monoisotopic (exact) mass is 436 g/mol. The zero-order valence-corrected chi connectivity index (χ0v) is 18.0. The molecule has 0 radical (unpaired) electrons. The maximum atomic E-state index is 13.6. The molecule has 1 N–H and O–H groups in total. The number of aromatic nitrogens is 2. The lowest BCUT2D eigenvalue weighted by Crippen LogP contribution is -2.46. The molecular formula is C23H24N4O3S. The molecule has 0 spiro atoms. The van der Waals surface area contributed by atoms with Crippen molar-refractivity contribution in [1.82, 2.24) is 15.3 Å². The third-order valence-corrected chi connectivity index (χ3v) is 6.28. The summed E-state index contributed by atoms with van der Waals surface area (Å²) in [6.07, 6.45) is 8.52. The van der Waals surface area contributed by atoms with E-state index in [1.165, 1.54) is 34.8 Å². The van der Waals surface area contributed by atoms with Gasteiger partial charge in [-0.2, -0.15) is 0 Å². The first-order valence-electron chi connectivity index (χ1n) is 10.2. The molecule has 0 aliphatic heterocycles. The van der Waals surface area contributed by atoms with Crippen LogP contribution in [0, 0.1) is 0 Å². The summed E-state index contributed by atoms with van der Waals surface area (Å²) < 4.78 is 5.37. The number of nitrogens with zero attached hydrogens (tertiary/aromatic N) is 3. The molecule has 2 aromatic heterocycles. The summed E-state index contributed by atoms with van der Waals surface area (Å²) in [6.45, 7) is 0. The average Bonchev–Trinajstić information content (AvgIpc) is 3.52. The molecule has 4 rings (SSSR count). The summed E-state index contributed by atoms with van der Waals surface area (Å²) in [4.78, 5) is 37.6. The molecule has 1 unspecified atom stereocenters. The molecule has 1 fully saturated rings. The van der Waals surface area contributed by atoms with E-state index in [9.17, 15) is 9.59 Å². The van der Waals surface area contributed by atoms with Gasteiger partial charge < -0.3 is 10.1 Å². The van der Waals surface area contributed by atoms with E-state index in [4.69, 9.17) is 4.74 Å². The quantitative estimate of drug-likeness (QED) is 0.605. The molecule has 2 amide bonds. The highest BCUT2D eigenvalue weighted by atomic mass is 32.1. The zero-order chi connectivity index (χ0) is 21.6. The van der Waals surface area contributed by atoms with Gasteiger partial charge in [-0.05, 0) is 36.4 Å². The standard InChI is InChI=1S/C23H24N4O3S/c1-30-18-9-4-8-17(14-18)27(23(29)19-15-24-11-12-25-19)21(20-10-5-13-31-20)22(28)26-16-6-2-3-7-16/h4-5,8-16,21H,2-3,6-7H2,1H3,(H,26,28). The molecule has 7 nitrogen and oxygen atoms in total. The fourth-order valence-electron chi connectivity index (χ4n) is 3.85. The smallest absolute Gasteiger partial charge is 0.279 e. The summed E-state index contributed by atoms with van der Waals surface area (Å²) in [7, 11) is 1.57. The topological polar surface area (TPSA) is 84.4 Å². The minimum absolute atomic E-state index is 0.133. The Balaban J connectivity index is 1.79. The van der Waals surface area contributed by atoms with Gasteiger partial charge in [-0.3, -0.25) is 19.5 Å². The maximum absolute atomic E-state index is 13.6. The summed E-state index contributed by atoms with van der Waals surface area (Å²) in [6, 6.07) is 10.2. The van der Waals surface area contributed by atoms with E-state index < -0.39 is 11.9 Å². The SMILES string of the molecule is COc1cccc(N(C(=O)c2cnccn2)C(C(=O)NC2CCCC2)c2cccs2)c1. The van der Waals surface area contributed by atoms with Crippen LogP contribution in [0.4, 0.5) is 5.69 Å². The van der Waals surface area contributed by atoms with Gasteiger partial charge in [0.15, 0.2) is 6.04 Å². The molecule has 1 aromatic carbocycles. The number of benzene rings is 1. The summed E-state index contributed by atoms with van der Waals surface area (Å²) in [5, 5.41) is 5.06. The number of ether oxygens (including phenoxy) is 1. The second-order valence-electron chi connectivity index (χ2n) is 7.38. The van der Waals surface area contributed by atoms with Gasteiger partial charge in [0.25, 0.3) is 5.91 Å². The molecular weight excluding hydrogens is 412 g/mol. The van der Waals surface area contributed by atoms with Crippen molar-refractivity contribution in [3.8, 4) is 5.75 Å². The summed E-state index contributed by atoms with van der Waals surface area (Å²) in [5.74, 6) is -0.00804. The van der Waals surface area contributed by atoms with Gasteiger partial charge in [0, 0.05) is 35.1 Å². The molecule has 3 aromatic rings. The third kappa shape index (κ3) is 4.74. The van der Waals surface area contributed by atoms with Crippen LogP contribution in [0.2, 0.25) is 0 Å². The predicted molar refractivity (Wildman–Crippen MR) is 119 cm³/mol. The van der Waals surface area contributed by atoms with Gasteiger partial charge in [0.2, 0.25) is 5.91 Å². The maximum Gasteiger partial charge on any atom is 0.279 e. The Kier molecular flexibility index (Phi) is 6.57. The minimum Gasteiger partial charge on any atom is -0.497 e. The summed E-state index contributed by atoms with van der Waals surface area (Å²) in [5.41, 5.74) is 0.718. The number of methoxy groups -OCH3 is 1. The van der Waals surface area contributed by atoms with Crippen LogP contribution in [0.15, 0.2) is 60.4 Å². The second-order valence-corrected chi connectivity index (χ2v) is 8.35. The van der Waals surface area contributed by atoms with Crippen LogP contribution in [0.25, 0.3) is 0 Å². The molecule has 0 saturated heterocycles. The fourth-order valence-corrected chi connectivity index (χ4v) is 4.66. The highest BCUT2D eigenvalue weighted by molar-refractivity contribution is 7.10. The minimum atomic E-state index is -0.831. The van der Waals surface area contributed by atoms with Crippen LogP contribution in [-0.2, 0) is 4.79 Å². The van der Waals surface area contributed by atoms with Crippen LogP contribution in [-0.4, -0.2) is 34.9 Å². The molecule has 160 valence electrons. The van der Waals surface area contributed by atoms with Crippen LogP contribution >= 0.6 is 11.3 Å². The molecule has 31 heavy (non-hydrogen) atoms. The second kappa shape index (κ2) is 9.70. The molecule has 1 saturated carbocycles. The first-order chi connectivity index (χ1) is 15.2. The number of carbonyl (C=O) groups is 2. The molecule has 1 aliphatic carbocycles. The summed E-state index contributed by atoms with van der Waals surface area (Å²) >= 11 is 1.44. The van der Waals surface area contributed by atoms with Crippen molar-refractivity contribution < 1.29 is 14.3 Å². The van der Waals surface area contributed by atoms with Crippen LogP contribution in [0.5, 0.6) is 5.75 Å². The lowest BCUT2D eigenvalue weighted by atomic mass is 10.1. The Labute approximate surface area is 185 Å². The zero-order valence-electron chi connectivity index (χ0n) is 17.2. The lowest BCUT2D eigenvalue weighted by Gasteiger charge is -2.31. The number of hydrogen-bond donors (Lipinski definition) is 1. The predicted octanol–water partition coefficient (Wildman–Crippen LogP) is 3.99. The van der Waals surface area contributed by atoms with Gasteiger partial charge in [0.05, 0.1) is 13.3 Å². The van der Waals surface area contributed by atoms with Crippen molar-refractivity contribution in [2.75, 3.05) is 12.0 Å². The fraction of sp³-hybridized carbons (Fsp3) is 0.304. The Morgan fingerprint density at radius 1 is 1.19 bits per heavy atom. The van der Waals surface area contributed by atoms with Crippen molar-refractivity contribution in [3.63, 3.8) is 0 Å². The number of hydrogen-bond acceptors (Lipinski definition) is 6. The number of thiophene rings is 1. The molecule has 2 heterocycles. The largest absolute Gasteiger partial charge is 0.497 e. The van der Waals surface area contributed by atoms with Crippen LogP contribution in [0.1, 0.15) is 47.1 Å². The van der Waals surface area contributed by atoms with Gasteiger partial charge in [-0.1, -0.05) is 25.0 Å². The van der Waals surface area contributed by atoms with E-state index in [0.29, 0.717) is 11.4 Å². The van der Waals surface area contributed by atoms with Crippen molar-refractivity contribution in [1.29, 1.82) is 0 Å². The van der Waals surface area contributed by atoms with Crippen molar-refractivity contribution >= 4 is 28.8 Å². The van der Waals surface area contributed by atoms with Gasteiger partial charge in [-0.25, -0.2) is 4.98 Å². The Hall–Kier alpha value is -3.26. The number of nitrogens with one attached hydrogen (secondary N) is 1. The Morgan fingerprint density at radius 3 is 2.71 bits per heavy atom. The van der Waals surface area contributed by atoms with Crippen molar-refractivity contribution in [3.05, 3.63) is 70.9 Å². The van der Waals surface area contributed by atoms with E-state index in [1.54, 1.807) is 31.4 Å². The normalized spacial score (nSPS) is 14.7. The number of carbonyl (C=O) groups excluding carboxylic acids is 2. The van der Waals surface area contributed by atoms with Gasteiger partial charge >= 0.3 is 0 Å². The van der Waals surface area contributed by atoms with Gasteiger partial charge in [-0.15, -0.1) is 11.3 Å². The first-order valence-corrected chi connectivity index (χ1v) is 11.1. The Bertz CT molecular complexity index is 1020. The number of anilines is 1. The van der Waals surface area contributed by atoms with E-state index in [-0.39, 0.29) is 17.6 Å². The molecule has 0 bridgehead atoms. The number of rotatable bonds is 7. The van der Waals surface area contributed by atoms with Crippen LogP contribution < -0.4 is 15.0 Å². The Morgan fingerprint density at radius 2 is 2.03 bits per heavy atom. The van der Waals surface area contributed by atoms with E-state index in [1.807, 2.05) is 17.5 Å². The molecule has 8 heteroatoms. The molecule has 1 atom stereocenters. The average molecular weight is 437 g/mol. The molecule has 1 aliphatic rings. The van der Waals surface area contributed by atoms with Crippen molar-refractivity contribution in [2.24, 2.45) is 0 Å². The highest BCUT2D eigenvalue weighted by Crippen LogP contribution is 2.34. The number of amides is 2. The van der Waals surface area contributed by atoms with E-state index >= 15 is 0 Å². The van der Waals surface area contributed by atoms with Crippen LogP contribution in [0.3, 0.4) is 0 Å². The first kappa shape index (κ1) is 21.0. The van der Waals surface area contributed by atoms with Crippen molar-refractivity contribution in [2.45, 2.75) is 37.8 Å². The lowest BCUT2D eigenvalue weighted by molar-refractivity contribution is -0.123. The van der Waals surface area contributed by atoms with Gasteiger partial charge in [0.1, 0.15) is 11.4 Å².